The van der Waals surface area contributed by atoms with E-state index in [1.165, 1.54) is 5.56 Å². The molecular formula is C17H30IN3O. The summed E-state index contributed by atoms with van der Waals surface area (Å²) in [4.78, 5) is 4.26. The number of nitrogens with one attached hydrogen (secondary N) is 2. The van der Waals surface area contributed by atoms with Gasteiger partial charge in [0.25, 0.3) is 0 Å². The molecule has 0 saturated heterocycles. The lowest BCUT2D eigenvalue weighted by atomic mass is 10.1. The lowest BCUT2D eigenvalue weighted by Gasteiger charge is -2.20. The average molecular weight is 419 g/mol. The smallest absolute Gasteiger partial charge is 0.191 e. The summed E-state index contributed by atoms with van der Waals surface area (Å²) in [6.45, 7) is 7.48. The molecule has 0 aliphatic heterocycles. The van der Waals surface area contributed by atoms with Crippen LogP contribution in [-0.4, -0.2) is 32.7 Å². The second kappa shape index (κ2) is 11.6. The zero-order valence-corrected chi connectivity index (χ0v) is 16.7. The van der Waals surface area contributed by atoms with Gasteiger partial charge in [0.1, 0.15) is 5.75 Å². The maximum absolute atomic E-state index is 5.24. The zero-order chi connectivity index (χ0) is 15.7. The highest BCUT2D eigenvalue weighted by Gasteiger charge is 2.08. The van der Waals surface area contributed by atoms with Crippen molar-refractivity contribution in [3.63, 3.8) is 0 Å². The van der Waals surface area contributed by atoms with Gasteiger partial charge >= 0.3 is 0 Å². The summed E-state index contributed by atoms with van der Waals surface area (Å²) in [5, 5.41) is 6.76. The summed E-state index contributed by atoms with van der Waals surface area (Å²) in [5.41, 5.74) is 1.30. The fourth-order valence-electron chi connectivity index (χ4n) is 1.90. The molecule has 0 bridgehead atoms. The van der Waals surface area contributed by atoms with Gasteiger partial charge in [-0.3, -0.25) is 4.99 Å². The standard InChI is InChI=1S/C17H29N3O.HI/c1-13(2)14(3)20-17(18-4)19-11-7-9-15-8-6-10-16(12-15)21-5;/h6,8,10,12-14H,7,9,11H2,1-5H3,(H2,18,19,20);1H. The summed E-state index contributed by atoms with van der Waals surface area (Å²) < 4.78 is 5.24. The van der Waals surface area contributed by atoms with Crippen LogP contribution in [0.3, 0.4) is 0 Å². The van der Waals surface area contributed by atoms with E-state index >= 15 is 0 Å². The minimum Gasteiger partial charge on any atom is -0.497 e. The molecule has 126 valence electrons. The first kappa shape index (κ1) is 21.0. The number of aliphatic imine (C=N–C) groups is 1. The molecule has 1 rings (SSSR count). The van der Waals surface area contributed by atoms with Crippen LogP contribution in [0.4, 0.5) is 0 Å². The van der Waals surface area contributed by atoms with Crippen molar-refractivity contribution < 1.29 is 4.74 Å². The monoisotopic (exact) mass is 419 g/mol. The maximum Gasteiger partial charge on any atom is 0.191 e. The van der Waals surface area contributed by atoms with Crippen molar-refractivity contribution in [3.8, 4) is 5.75 Å². The van der Waals surface area contributed by atoms with Crippen LogP contribution >= 0.6 is 24.0 Å². The Kier molecular flexibility index (Phi) is 11.1. The molecule has 22 heavy (non-hydrogen) atoms. The first-order valence-corrected chi connectivity index (χ1v) is 7.67. The van der Waals surface area contributed by atoms with Crippen LogP contribution in [0.25, 0.3) is 0 Å². The molecule has 0 amide bonds. The van der Waals surface area contributed by atoms with E-state index in [1.54, 1.807) is 7.11 Å². The molecule has 0 spiro atoms. The van der Waals surface area contributed by atoms with E-state index in [4.69, 9.17) is 4.74 Å². The van der Waals surface area contributed by atoms with E-state index in [1.807, 2.05) is 19.2 Å². The van der Waals surface area contributed by atoms with Gasteiger partial charge in [-0.15, -0.1) is 24.0 Å². The molecule has 0 aliphatic carbocycles. The van der Waals surface area contributed by atoms with Gasteiger partial charge in [0.2, 0.25) is 0 Å². The van der Waals surface area contributed by atoms with E-state index in [2.05, 4.69) is 48.5 Å². The van der Waals surface area contributed by atoms with E-state index in [-0.39, 0.29) is 24.0 Å². The van der Waals surface area contributed by atoms with E-state index in [0.717, 1.165) is 31.1 Å². The number of benzene rings is 1. The van der Waals surface area contributed by atoms with Crippen LogP contribution in [0.2, 0.25) is 0 Å². The molecule has 0 fully saturated rings. The molecule has 0 aromatic heterocycles. The van der Waals surface area contributed by atoms with Crippen molar-refractivity contribution in [2.45, 2.75) is 39.7 Å². The van der Waals surface area contributed by atoms with Gasteiger partial charge in [0.05, 0.1) is 7.11 Å². The molecule has 0 aliphatic rings. The van der Waals surface area contributed by atoms with Gasteiger partial charge in [-0.2, -0.15) is 0 Å². The molecule has 5 heteroatoms. The lowest BCUT2D eigenvalue weighted by molar-refractivity contribution is 0.414. The van der Waals surface area contributed by atoms with Crippen molar-refractivity contribution in [3.05, 3.63) is 29.8 Å². The first-order valence-electron chi connectivity index (χ1n) is 7.67. The number of halogens is 1. The number of nitrogens with zero attached hydrogens (tertiary/aromatic N) is 1. The zero-order valence-electron chi connectivity index (χ0n) is 14.3. The number of rotatable bonds is 7. The highest BCUT2D eigenvalue weighted by atomic mass is 127. The number of hydrogen-bond acceptors (Lipinski definition) is 2. The molecule has 1 atom stereocenters. The Morgan fingerprint density at radius 3 is 2.59 bits per heavy atom. The number of ether oxygens (including phenoxy) is 1. The third-order valence-electron chi connectivity index (χ3n) is 3.66. The van der Waals surface area contributed by atoms with Gasteiger partial charge < -0.3 is 15.4 Å². The van der Waals surface area contributed by atoms with E-state index in [9.17, 15) is 0 Å². The van der Waals surface area contributed by atoms with Crippen molar-refractivity contribution in [2.24, 2.45) is 10.9 Å². The molecule has 0 saturated carbocycles. The van der Waals surface area contributed by atoms with Crippen LogP contribution in [0.15, 0.2) is 29.3 Å². The molecular weight excluding hydrogens is 389 g/mol. The minimum atomic E-state index is 0. The fraction of sp³-hybridized carbons (Fsp3) is 0.588. The highest BCUT2D eigenvalue weighted by Crippen LogP contribution is 2.13. The number of aryl methyl sites for hydroxylation is 1. The molecule has 1 unspecified atom stereocenters. The number of hydrogen-bond donors (Lipinski definition) is 2. The third kappa shape index (κ3) is 7.87. The minimum absolute atomic E-state index is 0. The Labute approximate surface area is 152 Å². The van der Waals surface area contributed by atoms with E-state index in [0.29, 0.717) is 12.0 Å². The summed E-state index contributed by atoms with van der Waals surface area (Å²) in [6.07, 6.45) is 2.09. The molecule has 1 aromatic rings. The molecule has 1 aromatic carbocycles. The molecule has 4 nitrogen and oxygen atoms in total. The van der Waals surface area contributed by atoms with Gasteiger partial charge in [-0.1, -0.05) is 26.0 Å². The van der Waals surface area contributed by atoms with Crippen LogP contribution in [0.1, 0.15) is 32.8 Å². The predicted octanol–water partition coefficient (Wildman–Crippen LogP) is 3.46. The summed E-state index contributed by atoms with van der Waals surface area (Å²) in [6, 6.07) is 8.65. The van der Waals surface area contributed by atoms with Crippen LogP contribution < -0.4 is 15.4 Å². The van der Waals surface area contributed by atoms with Gasteiger partial charge in [-0.05, 0) is 43.4 Å². The second-order valence-electron chi connectivity index (χ2n) is 5.63. The highest BCUT2D eigenvalue weighted by molar-refractivity contribution is 14.0. The normalized spacial score (nSPS) is 12.5. The second-order valence-corrected chi connectivity index (χ2v) is 5.63. The Hall–Kier alpha value is -0.980. The molecule has 0 heterocycles. The first-order chi connectivity index (χ1) is 10.1. The van der Waals surface area contributed by atoms with Crippen molar-refractivity contribution >= 4 is 29.9 Å². The topological polar surface area (TPSA) is 45.7 Å². The Bertz CT molecular complexity index is 449. The van der Waals surface area contributed by atoms with Gasteiger partial charge in [0, 0.05) is 19.6 Å². The Morgan fingerprint density at radius 2 is 2.00 bits per heavy atom. The maximum atomic E-state index is 5.24. The molecule has 0 radical (unpaired) electrons. The van der Waals surface area contributed by atoms with Crippen LogP contribution in [-0.2, 0) is 6.42 Å². The van der Waals surface area contributed by atoms with E-state index < -0.39 is 0 Å². The third-order valence-corrected chi connectivity index (χ3v) is 3.66. The van der Waals surface area contributed by atoms with Crippen LogP contribution in [0.5, 0.6) is 5.75 Å². The molecule has 2 N–H and O–H groups in total. The predicted molar refractivity (Wildman–Crippen MR) is 106 cm³/mol. The fourth-order valence-corrected chi connectivity index (χ4v) is 1.90. The number of methoxy groups -OCH3 is 1. The Morgan fingerprint density at radius 1 is 1.27 bits per heavy atom. The van der Waals surface area contributed by atoms with Crippen LogP contribution in [0, 0.1) is 5.92 Å². The number of guanidine groups is 1. The van der Waals surface area contributed by atoms with Crippen molar-refractivity contribution in [1.82, 2.24) is 10.6 Å². The average Bonchev–Trinajstić information content (AvgIpc) is 2.50. The largest absolute Gasteiger partial charge is 0.497 e. The van der Waals surface area contributed by atoms with Crippen molar-refractivity contribution in [1.29, 1.82) is 0 Å². The van der Waals surface area contributed by atoms with Crippen molar-refractivity contribution in [2.75, 3.05) is 20.7 Å². The van der Waals surface area contributed by atoms with Gasteiger partial charge in [-0.25, -0.2) is 0 Å². The SMILES string of the molecule is CN=C(NCCCc1cccc(OC)c1)NC(C)C(C)C.I. The lowest BCUT2D eigenvalue weighted by Crippen LogP contribution is -2.44. The Balaban J connectivity index is 0.00000441. The summed E-state index contributed by atoms with van der Waals surface area (Å²) in [7, 11) is 3.51. The summed E-state index contributed by atoms with van der Waals surface area (Å²) >= 11 is 0. The summed E-state index contributed by atoms with van der Waals surface area (Å²) in [5.74, 6) is 2.38. The quantitative estimate of drug-likeness (QED) is 0.308. The van der Waals surface area contributed by atoms with Gasteiger partial charge in [0.15, 0.2) is 5.96 Å².